The van der Waals surface area contributed by atoms with Crippen LogP contribution in [0.3, 0.4) is 0 Å². The number of imidazole rings is 1. The van der Waals surface area contributed by atoms with Gasteiger partial charge in [0.05, 0.1) is 12.8 Å². The Morgan fingerprint density at radius 1 is 1.25 bits per heavy atom. The van der Waals surface area contributed by atoms with Gasteiger partial charge in [-0.3, -0.25) is 9.20 Å². The molecule has 142 valence electrons. The van der Waals surface area contributed by atoms with E-state index in [0.29, 0.717) is 17.3 Å². The monoisotopic (exact) mass is 411 g/mol. The van der Waals surface area contributed by atoms with Crippen LogP contribution in [0.15, 0.2) is 60.1 Å². The number of ether oxygens (including phenoxy) is 1. The number of halogens is 1. The highest BCUT2D eigenvalue weighted by Gasteiger charge is 2.19. The standard InChI is InChI=1S/C21H18ClN3O2S/c1-24(11-15-6-3-4-9-19(15)27-2)20(26)18-13-28-21-23-17(12-25(18)21)14-7-5-8-16(22)10-14/h3-10,12-13H,11H2,1-2H3. The molecule has 2 aromatic carbocycles. The van der Waals surface area contributed by atoms with Gasteiger partial charge in [0.1, 0.15) is 11.4 Å². The lowest BCUT2D eigenvalue weighted by Gasteiger charge is -2.18. The van der Waals surface area contributed by atoms with Crippen LogP contribution < -0.4 is 4.74 Å². The van der Waals surface area contributed by atoms with E-state index in [-0.39, 0.29) is 5.91 Å². The molecule has 0 atom stereocenters. The molecule has 0 saturated heterocycles. The van der Waals surface area contributed by atoms with Crippen LogP contribution in [-0.4, -0.2) is 34.3 Å². The molecule has 0 unspecified atom stereocenters. The molecule has 4 aromatic rings. The Kier molecular flexibility index (Phi) is 5.07. The zero-order valence-electron chi connectivity index (χ0n) is 15.4. The SMILES string of the molecule is COc1ccccc1CN(C)C(=O)c1csc2nc(-c3cccc(Cl)c3)cn12. The van der Waals surface area contributed by atoms with Gasteiger partial charge in [0, 0.05) is 41.3 Å². The molecule has 1 amide bonds. The van der Waals surface area contributed by atoms with Crippen molar-refractivity contribution in [3.63, 3.8) is 0 Å². The maximum absolute atomic E-state index is 13.0. The molecule has 0 radical (unpaired) electrons. The number of fused-ring (bicyclic) bond motifs is 1. The second kappa shape index (κ2) is 7.66. The van der Waals surface area contributed by atoms with Crippen molar-refractivity contribution in [3.05, 3.63) is 76.4 Å². The summed E-state index contributed by atoms with van der Waals surface area (Å²) in [6.45, 7) is 0.454. The first kappa shape index (κ1) is 18.5. The van der Waals surface area contributed by atoms with Crippen molar-refractivity contribution in [3.8, 4) is 17.0 Å². The Balaban J connectivity index is 1.62. The smallest absolute Gasteiger partial charge is 0.271 e. The molecule has 0 aliphatic carbocycles. The molecular formula is C21H18ClN3O2S. The average Bonchev–Trinajstić information content (AvgIpc) is 3.28. The summed E-state index contributed by atoms with van der Waals surface area (Å²) in [5.41, 5.74) is 3.25. The number of para-hydroxylation sites is 1. The van der Waals surface area contributed by atoms with Gasteiger partial charge >= 0.3 is 0 Å². The van der Waals surface area contributed by atoms with E-state index >= 15 is 0 Å². The number of carbonyl (C=O) groups is 1. The first-order valence-corrected chi connectivity index (χ1v) is 9.92. The fourth-order valence-corrected chi connectivity index (χ4v) is 4.12. The van der Waals surface area contributed by atoms with Gasteiger partial charge in [0.2, 0.25) is 0 Å². The van der Waals surface area contributed by atoms with Crippen LogP contribution in [0.25, 0.3) is 16.2 Å². The largest absolute Gasteiger partial charge is 0.496 e. The van der Waals surface area contributed by atoms with Gasteiger partial charge in [0.25, 0.3) is 5.91 Å². The lowest BCUT2D eigenvalue weighted by molar-refractivity contribution is 0.0777. The van der Waals surface area contributed by atoms with Crippen LogP contribution in [0, 0.1) is 0 Å². The lowest BCUT2D eigenvalue weighted by atomic mass is 10.2. The Hall–Kier alpha value is -2.83. The third kappa shape index (κ3) is 3.48. The number of methoxy groups -OCH3 is 1. The molecule has 0 aliphatic heterocycles. The summed E-state index contributed by atoms with van der Waals surface area (Å²) >= 11 is 7.53. The molecule has 0 bridgehead atoms. The summed E-state index contributed by atoms with van der Waals surface area (Å²) in [6, 6.07) is 15.2. The minimum absolute atomic E-state index is 0.0767. The minimum atomic E-state index is -0.0767. The number of rotatable bonds is 5. The van der Waals surface area contributed by atoms with Gasteiger partial charge in [-0.25, -0.2) is 4.98 Å². The van der Waals surface area contributed by atoms with Crippen LogP contribution in [0.4, 0.5) is 0 Å². The summed E-state index contributed by atoms with van der Waals surface area (Å²) in [6.07, 6.45) is 1.88. The predicted octanol–water partition coefficient (Wildman–Crippen LogP) is 5.00. The summed E-state index contributed by atoms with van der Waals surface area (Å²) in [5.74, 6) is 0.690. The van der Waals surface area contributed by atoms with E-state index in [0.717, 1.165) is 27.5 Å². The molecule has 0 saturated carbocycles. The van der Waals surface area contributed by atoms with Crippen molar-refractivity contribution in [2.24, 2.45) is 0 Å². The van der Waals surface area contributed by atoms with E-state index in [9.17, 15) is 4.79 Å². The van der Waals surface area contributed by atoms with Crippen LogP contribution in [0.1, 0.15) is 16.1 Å². The fourth-order valence-electron chi connectivity index (χ4n) is 3.08. The molecular weight excluding hydrogens is 394 g/mol. The number of hydrogen-bond acceptors (Lipinski definition) is 4. The quantitative estimate of drug-likeness (QED) is 0.464. The molecule has 4 rings (SSSR count). The van der Waals surface area contributed by atoms with Crippen LogP contribution in [0.5, 0.6) is 5.75 Å². The van der Waals surface area contributed by atoms with Gasteiger partial charge in [-0.05, 0) is 18.2 Å². The van der Waals surface area contributed by atoms with E-state index < -0.39 is 0 Å². The molecule has 0 fully saturated rings. The molecule has 2 heterocycles. The van der Waals surface area contributed by atoms with Crippen molar-refractivity contribution in [1.29, 1.82) is 0 Å². The van der Waals surface area contributed by atoms with E-state index in [1.807, 2.05) is 64.5 Å². The topological polar surface area (TPSA) is 46.8 Å². The van der Waals surface area contributed by atoms with E-state index in [2.05, 4.69) is 4.98 Å². The first-order chi connectivity index (χ1) is 13.6. The van der Waals surface area contributed by atoms with E-state index in [4.69, 9.17) is 16.3 Å². The first-order valence-electron chi connectivity index (χ1n) is 8.66. The maximum atomic E-state index is 13.0. The number of aromatic nitrogens is 2. The molecule has 0 aliphatic rings. The number of carbonyl (C=O) groups excluding carboxylic acids is 1. The van der Waals surface area contributed by atoms with Gasteiger partial charge in [-0.1, -0.05) is 41.9 Å². The molecule has 5 nitrogen and oxygen atoms in total. The third-order valence-corrected chi connectivity index (χ3v) is 5.57. The zero-order chi connectivity index (χ0) is 19.7. The molecule has 7 heteroatoms. The highest BCUT2D eigenvalue weighted by atomic mass is 35.5. The lowest BCUT2D eigenvalue weighted by Crippen LogP contribution is -2.27. The Morgan fingerprint density at radius 3 is 2.86 bits per heavy atom. The summed E-state index contributed by atoms with van der Waals surface area (Å²) in [5, 5.41) is 2.49. The Bertz CT molecular complexity index is 1150. The second-order valence-electron chi connectivity index (χ2n) is 6.38. The Morgan fingerprint density at radius 2 is 2.07 bits per heavy atom. The predicted molar refractivity (Wildman–Crippen MR) is 112 cm³/mol. The highest BCUT2D eigenvalue weighted by molar-refractivity contribution is 7.15. The van der Waals surface area contributed by atoms with E-state index in [1.54, 1.807) is 19.1 Å². The van der Waals surface area contributed by atoms with Crippen molar-refractivity contribution in [1.82, 2.24) is 14.3 Å². The third-order valence-electron chi connectivity index (χ3n) is 4.50. The normalized spacial score (nSPS) is 11.0. The molecule has 28 heavy (non-hydrogen) atoms. The summed E-state index contributed by atoms with van der Waals surface area (Å²) < 4.78 is 7.22. The minimum Gasteiger partial charge on any atom is -0.496 e. The van der Waals surface area contributed by atoms with Crippen LogP contribution in [0.2, 0.25) is 5.02 Å². The van der Waals surface area contributed by atoms with Gasteiger partial charge < -0.3 is 9.64 Å². The highest BCUT2D eigenvalue weighted by Crippen LogP contribution is 2.26. The summed E-state index contributed by atoms with van der Waals surface area (Å²) in [4.78, 5) is 20.1. The van der Waals surface area contributed by atoms with Crippen LogP contribution in [-0.2, 0) is 6.54 Å². The van der Waals surface area contributed by atoms with Gasteiger partial charge in [-0.2, -0.15) is 0 Å². The van der Waals surface area contributed by atoms with Crippen molar-refractivity contribution < 1.29 is 9.53 Å². The van der Waals surface area contributed by atoms with Gasteiger partial charge in [-0.15, -0.1) is 11.3 Å². The summed E-state index contributed by atoms with van der Waals surface area (Å²) in [7, 11) is 3.42. The fraction of sp³-hybridized carbons (Fsp3) is 0.143. The Labute approximate surface area is 171 Å². The maximum Gasteiger partial charge on any atom is 0.271 e. The molecule has 0 N–H and O–H groups in total. The number of benzene rings is 2. The molecule has 2 aromatic heterocycles. The van der Waals surface area contributed by atoms with Gasteiger partial charge in [0.15, 0.2) is 4.96 Å². The van der Waals surface area contributed by atoms with Crippen LogP contribution >= 0.6 is 22.9 Å². The number of amides is 1. The number of hydrogen-bond donors (Lipinski definition) is 0. The van der Waals surface area contributed by atoms with Crippen molar-refractivity contribution in [2.45, 2.75) is 6.54 Å². The van der Waals surface area contributed by atoms with E-state index in [1.165, 1.54) is 11.3 Å². The molecule has 0 spiro atoms. The zero-order valence-corrected chi connectivity index (χ0v) is 17.0. The van der Waals surface area contributed by atoms with Crippen molar-refractivity contribution in [2.75, 3.05) is 14.2 Å². The number of thiazole rings is 1. The van der Waals surface area contributed by atoms with Crippen molar-refractivity contribution >= 4 is 33.8 Å². The second-order valence-corrected chi connectivity index (χ2v) is 7.66. The average molecular weight is 412 g/mol. The number of nitrogens with zero attached hydrogens (tertiary/aromatic N) is 3.